The number of rotatable bonds is 3. The highest BCUT2D eigenvalue weighted by molar-refractivity contribution is 7.80. The van der Waals surface area contributed by atoms with E-state index in [1.807, 2.05) is 31.2 Å². The molecule has 0 unspecified atom stereocenters. The van der Waals surface area contributed by atoms with Gasteiger partial charge in [0.25, 0.3) is 0 Å². The molecule has 0 aromatic heterocycles. The fraction of sp³-hybridized carbons (Fsp3) is 0.333. The largest absolute Gasteiger partial charge is 0.366 e. The van der Waals surface area contributed by atoms with Gasteiger partial charge in [0.2, 0.25) is 5.91 Å². The first kappa shape index (κ1) is 13.4. The molecule has 0 fully saturated rings. The molecule has 0 aliphatic carbocycles. The molecule has 0 heterocycles. The van der Waals surface area contributed by atoms with Crippen molar-refractivity contribution in [1.29, 1.82) is 0 Å². The minimum absolute atomic E-state index is 0.0889. The van der Waals surface area contributed by atoms with Gasteiger partial charge in [-0.2, -0.15) is 0 Å². The summed E-state index contributed by atoms with van der Waals surface area (Å²) in [5.41, 5.74) is 1.96. The first-order valence-electron chi connectivity index (χ1n) is 5.32. The third-order valence-electron chi connectivity index (χ3n) is 2.28. The molecule has 4 nitrogen and oxygen atoms in total. The number of carbonyl (C=O) groups excluding carboxylic acids is 1. The van der Waals surface area contributed by atoms with Crippen molar-refractivity contribution in [2.75, 3.05) is 26.0 Å². The number of hydrogen-bond donors (Lipinski definition) is 2. The third kappa shape index (κ3) is 4.40. The zero-order valence-corrected chi connectivity index (χ0v) is 11.1. The summed E-state index contributed by atoms with van der Waals surface area (Å²) in [5.74, 6) is -0.0889. The first-order valence-corrected chi connectivity index (χ1v) is 5.73. The van der Waals surface area contributed by atoms with E-state index in [2.05, 4.69) is 10.6 Å². The molecule has 17 heavy (non-hydrogen) atoms. The molecule has 0 saturated carbocycles. The zero-order valence-electron chi connectivity index (χ0n) is 10.3. The molecule has 0 radical (unpaired) electrons. The highest BCUT2D eigenvalue weighted by Crippen LogP contribution is 2.08. The van der Waals surface area contributed by atoms with Gasteiger partial charge in [0.1, 0.15) is 0 Å². The van der Waals surface area contributed by atoms with Crippen LogP contribution in [0.15, 0.2) is 24.3 Å². The van der Waals surface area contributed by atoms with Gasteiger partial charge >= 0.3 is 0 Å². The van der Waals surface area contributed by atoms with E-state index < -0.39 is 0 Å². The first-order chi connectivity index (χ1) is 8.02. The van der Waals surface area contributed by atoms with Gasteiger partial charge in [-0.05, 0) is 31.3 Å². The fourth-order valence-corrected chi connectivity index (χ4v) is 1.38. The summed E-state index contributed by atoms with van der Waals surface area (Å²) in [6.07, 6.45) is 0. The summed E-state index contributed by atoms with van der Waals surface area (Å²) in [4.78, 5) is 13.4. The number of anilines is 1. The van der Waals surface area contributed by atoms with Crippen LogP contribution in [-0.2, 0) is 4.79 Å². The van der Waals surface area contributed by atoms with Gasteiger partial charge in [0, 0.05) is 19.8 Å². The van der Waals surface area contributed by atoms with Crippen LogP contribution in [0.2, 0.25) is 0 Å². The summed E-state index contributed by atoms with van der Waals surface area (Å²) in [6.45, 7) is 2.23. The standard InChI is InChI=1S/C12H17N3OS/c1-9-4-6-10(7-5-9)14-11(16)8-15(3)12(17)13-2/h4-7H,8H2,1-3H3,(H,13,17)(H,14,16). The maximum atomic E-state index is 11.7. The summed E-state index contributed by atoms with van der Waals surface area (Å²) < 4.78 is 0. The minimum atomic E-state index is -0.0889. The van der Waals surface area contributed by atoms with Gasteiger partial charge in [0.05, 0.1) is 6.54 Å². The van der Waals surface area contributed by atoms with E-state index >= 15 is 0 Å². The number of thiocarbonyl (C=S) groups is 1. The van der Waals surface area contributed by atoms with E-state index in [1.54, 1.807) is 19.0 Å². The predicted octanol–water partition coefficient (Wildman–Crippen LogP) is 1.37. The molecule has 1 amide bonds. The smallest absolute Gasteiger partial charge is 0.243 e. The summed E-state index contributed by atoms with van der Waals surface area (Å²) in [7, 11) is 3.50. The molecule has 0 aliphatic heterocycles. The second-order valence-corrected chi connectivity index (χ2v) is 4.21. The van der Waals surface area contributed by atoms with E-state index in [-0.39, 0.29) is 12.5 Å². The average Bonchev–Trinajstić information content (AvgIpc) is 2.30. The van der Waals surface area contributed by atoms with Crippen molar-refractivity contribution in [3.05, 3.63) is 29.8 Å². The zero-order chi connectivity index (χ0) is 12.8. The van der Waals surface area contributed by atoms with Crippen molar-refractivity contribution in [3.8, 4) is 0 Å². The Kier molecular flexibility index (Phi) is 4.90. The fourth-order valence-electron chi connectivity index (χ4n) is 1.32. The van der Waals surface area contributed by atoms with E-state index in [4.69, 9.17) is 12.2 Å². The van der Waals surface area contributed by atoms with Crippen molar-refractivity contribution in [3.63, 3.8) is 0 Å². The Bertz CT molecular complexity index is 403. The summed E-state index contributed by atoms with van der Waals surface area (Å²) in [6, 6.07) is 7.67. The van der Waals surface area contributed by atoms with E-state index in [0.717, 1.165) is 11.3 Å². The molecule has 5 heteroatoms. The van der Waals surface area contributed by atoms with Crippen LogP contribution in [0.25, 0.3) is 0 Å². The van der Waals surface area contributed by atoms with Crippen LogP contribution in [0.3, 0.4) is 0 Å². The lowest BCUT2D eigenvalue weighted by molar-refractivity contribution is -0.116. The van der Waals surface area contributed by atoms with Gasteiger partial charge in [-0.25, -0.2) is 0 Å². The van der Waals surface area contributed by atoms with Crippen LogP contribution in [0, 0.1) is 6.92 Å². The lowest BCUT2D eigenvalue weighted by Crippen LogP contribution is -2.39. The Hall–Kier alpha value is -1.62. The topological polar surface area (TPSA) is 44.4 Å². The van der Waals surface area contributed by atoms with Gasteiger partial charge in [-0.1, -0.05) is 17.7 Å². The highest BCUT2D eigenvalue weighted by Gasteiger charge is 2.08. The maximum Gasteiger partial charge on any atom is 0.243 e. The van der Waals surface area contributed by atoms with E-state index in [1.165, 1.54) is 0 Å². The number of benzene rings is 1. The molecule has 92 valence electrons. The van der Waals surface area contributed by atoms with Crippen LogP contribution >= 0.6 is 12.2 Å². The molecule has 0 spiro atoms. The molecule has 0 aliphatic rings. The number of likely N-dealkylation sites (N-methyl/N-ethyl adjacent to an activating group) is 1. The third-order valence-corrected chi connectivity index (χ3v) is 2.79. The summed E-state index contributed by atoms with van der Waals surface area (Å²) in [5, 5.41) is 6.18. The van der Waals surface area contributed by atoms with Crippen molar-refractivity contribution in [2.24, 2.45) is 0 Å². The summed E-state index contributed by atoms with van der Waals surface area (Å²) >= 11 is 5.01. The van der Waals surface area contributed by atoms with Crippen LogP contribution in [-0.4, -0.2) is 36.6 Å². The normalized spacial score (nSPS) is 9.59. The van der Waals surface area contributed by atoms with Crippen LogP contribution in [0.1, 0.15) is 5.56 Å². The lowest BCUT2D eigenvalue weighted by Gasteiger charge is -2.18. The Balaban J connectivity index is 2.50. The second-order valence-electron chi connectivity index (χ2n) is 3.83. The van der Waals surface area contributed by atoms with Crippen molar-refractivity contribution in [2.45, 2.75) is 6.92 Å². The van der Waals surface area contributed by atoms with Crippen LogP contribution in [0.5, 0.6) is 0 Å². The molecule has 2 N–H and O–H groups in total. The monoisotopic (exact) mass is 251 g/mol. The molecule has 1 rings (SSSR count). The molecule has 0 atom stereocenters. The quantitative estimate of drug-likeness (QED) is 0.796. The number of carbonyl (C=O) groups is 1. The lowest BCUT2D eigenvalue weighted by atomic mass is 10.2. The number of hydrogen-bond acceptors (Lipinski definition) is 2. The number of aryl methyl sites for hydroxylation is 1. The minimum Gasteiger partial charge on any atom is -0.366 e. The van der Waals surface area contributed by atoms with Gasteiger partial charge in [-0.15, -0.1) is 0 Å². The van der Waals surface area contributed by atoms with Crippen molar-refractivity contribution in [1.82, 2.24) is 10.2 Å². The second kappa shape index (κ2) is 6.20. The van der Waals surface area contributed by atoms with Gasteiger partial charge in [0.15, 0.2) is 5.11 Å². The molecule has 0 saturated heterocycles. The Labute approximate surface area is 107 Å². The molecular weight excluding hydrogens is 234 g/mol. The number of amides is 1. The van der Waals surface area contributed by atoms with Crippen LogP contribution < -0.4 is 10.6 Å². The van der Waals surface area contributed by atoms with Gasteiger partial charge < -0.3 is 15.5 Å². The molecular formula is C12H17N3OS. The molecule has 0 bridgehead atoms. The molecule has 1 aromatic rings. The predicted molar refractivity (Wildman–Crippen MR) is 74.1 cm³/mol. The Morgan fingerprint density at radius 2 is 1.94 bits per heavy atom. The van der Waals surface area contributed by atoms with Crippen molar-refractivity contribution >= 4 is 28.9 Å². The van der Waals surface area contributed by atoms with Crippen molar-refractivity contribution < 1.29 is 4.79 Å². The highest BCUT2D eigenvalue weighted by atomic mass is 32.1. The van der Waals surface area contributed by atoms with E-state index in [9.17, 15) is 4.79 Å². The SMILES string of the molecule is CNC(=S)N(C)CC(=O)Nc1ccc(C)cc1. The number of nitrogens with zero attached hydrogens (tertiary/aromatic N) is 1. The average molecular weight is 251 g/mol. The molecule has 1 aromatic carbocycles. The van der Waals surface area contributed by atoms with E-state index in [0.29, 0.717) is 5.11 Å². The Morgan fingerprint density at radius 1 is 1.35 bits per heavy atom. The van der Waals surface area contributed by atoms with Crippen LogP contribution in [0.4, 0.5) is 5.69 Å². The Morgan fingerprint density at radius 3 is 2.47 bits per heavy atom. The maximum absolute atomic E-state index is 11.7. The number of nitrogens with one attached hydrogen (secondary N) is 2. The van der Waals surface area contributed by atoms with Gasteiger partial charge in [-0.3, -0.25) is 4.79 Å².